The Labute approximate surface area is 101 Å². The van der Waals surface area contributed by atoms with Gasteiger partial charge in [0.15, 0.2) is 0 Å². The highest BCUT2D eigenvalue weighted by Crippen LogP contribution is 2.26. The van der Waals surface area contributed by atoms with Gasteiger partial charge >= 0.3 is 0 Å². The molecule has 0 bridgehead atoms. The summed E-state index contributed by atoms with van der Waals surface area (Å²) in [6.45, 7) is 1.69. The maximum Gasteiger partial charge on any atom is 0.292 e. The molecule has 1 atom stereocenters. The van der Waals surface area contributed by atoms with E-state index in [0.717, 1.165) is 3.57 Å². The Bertz CT molecular complexity index is 370. The van der Waals surface area contributed by atoms with Gasteiger partial charge in [-0.15, -0.1) is 0 Å². The summed E-state index contributed by atoms with van der Waals surface area (Å²) in [7, 11) is 0. The number of benzene rings is 1. The molecule has 0 aromatic heterocycles. The first-order valence-corrected chi connectivity index (χ1v) is 5.44. The zero-order valence-corrected chi connectivity index (χ0v) is 10.3. The zero-order chi connectivity index (χ0) is 11.4. The van der Waals surface area contributed by atoms with Crippen LogP contribution in [-0.2, 0) is 0 Å². The van der Waals surface area contributed by atoms with Crippen molar-refractivity contribution < 1.29 is 10.0 Å². The predicted molar refractivity (Wildman–Crippen MR) is 66.0 cm³/mol. The molecule has 1 unspecified atom stereocenters. The van der Waals surface area contributed by atoms with Crippen LogP contribution in [0.3, 0.4) is 0 Å². The van der Waals surface area contributed by atoms with Crippen LogP contribution >= 0.6 is 22.6 Å². The van der Waals surface area contributed by atoms with Gasteiger partial charge in [-0.1, -0.05) is 0 Å². The Morgan fingerprint density at radius 1 is 1.67 bits per heavy atom. The van der Waals surface area contributed by atoms with Crippen LogP contribution in [0.5, 0.6) is 0 Å². The van der Waals surface area contributed by atoms with Crippen molar-refractivity contribution in [3.63, 3.8) is 0 Å². The van der Waals surface area contributed by atoms with Crippen LogP contribution in [0.15, 0.2) is 18.2 Å². The van der Waals surface area contributed by atoms with Gasteiger partial charge in [0.05, 0.1) is 11.5 Å². The molecule has 0 radical (unpaired) electrons. The maximum atomic E-state index is 10.7. The molecule has 5 nitrogen and oxygen atoms in total. The third kappa shape index (κ3) is 3.31. The molecule has 1 aromatic rings. The number of nitrogens with zero attached hydrogens (tertiary/aromatic N) is 1. The molecule has 6 heteroatoms. The van der Waals surface area contributed by atoms with Gasteiger partial charge in [0, 0.05) is 15.7 Å². The lowest BCUT2D eigenvalue weighted by Crippen LogP contribution is -2.20. The van der Waals surface area contributed by atoms with E-state index in [1.807, 2.05) is 0 Å². The Hall–Kier alpha value is -0.890. The smallest absolute Gasteiger partial charge is 0.292 e. The number of hydrogen-bond acceptors (Lipinski definition) is 4. The van der Waals surface area contributed by atoms with Crippen molar-refractivity contribution in [2.24, 2.45) is 0 Å². The summed E-state index contributed by atoms with van der Waals surface area (Å²) in [6, 6.07) is 4.61. The quantitative estimate of drug-likeness (QED) is 0.505. The summed E-state index contributed by atoms with van der Waals surface area (Å²) in [5.74, 6) is 0. The number of aliphatic hydroxyl groups excluding tert-OH is 1. The van der Waals surface area contributed by atoms with E-state index in [-0.39, 0.29) is 18.3 Å². The monoisotopic (exact) mass is 322 g/mol. The summed E-state index contributed by atoms with van der Waals surface area (Å²) < 4.78 is 0.908. The number of nitro benzene ring substituents is 1. The fraction of sp³-hybridized carbons (Fsp3) is 0.333. The van der Waals surface area contributed by atoms with Crippen LogP contribution in [0.1, 0.15) is 6.92 Å². The highest BCUT2D eigenvalue weighted by molar-refractivity contribution is 14.1. The lowest BCUT2D eigenvalue weighted by molar-refractivity contribution is -0.384. The SMILES string of the molecule is CC(CO)Nc1cc(I)ccc1[N+](=O)[O-]. The number of aliphatic hydroxyl groups is 1. The molecule has 0 aliphatic rings. The number of rotatable bonds is 4. The molecule has 2 N–H and O–H groups in total. The summed E-state index contributed by atoms with van der Waals surface area (Å²) in [5, 5.41) is 22.4. The van der Waals surface area contributed by atoms with Gasteiger partial charge in [0.2, 0.25) is 0 Å². The van der Waals surface area contributed by atoms with Crippen molar-refractivity contribution in [3.8, 4) is 0 Å². The van der Waals surface area contributed by atoms with Crippen molar-refractivity contribution in [1.82, 2.24) is 0 Å². The Morgan fingerprint density at radius 3 is 2.87 bits per heavy atom. The normalized spacial score (nSPS) is 12.2. The molecule has 15 heavy (non-hydrogen) atoms. The Kier molecular flexibility index (Phi) is 4.28. The summed E-state index contributed by atoms with van der Waals surface area (Å²) in [5.41, 5.74) is 0.462. The van der Waals surface area contributed by atoms with E-state index in [4.69, 9.17) is 5.11 Å². The van der Waals surface area contributed by atoms with Crippen LogP contribution in [0.4, 0.5) is 11.4 Å². The number of hydrogen-bond donors (Lipinski definition) is 2. The van der Waals surface area contributed by atoms with E-state index in [0.29, 0.717) is 5.69 Å². The van der Waals surface area contributed by atoms with Crippen LogP contribution in [0, 0.1) is 13.7 Å². The molecule has 0 saturated heterocycles. The van der Waals surface area contributed by atoms with Crippen molar-refractivity contribution in [2.75, 3.05) is 11.9 Å². The number of anilines is 1. The topological polar surface area (TPSA) is 75.4 Å². The largest absolute Gasteiger partial charge is 0.394 e. The molecule has 1 aromatic carbocycles. The van der Waals surface area contributed by atoms with Gasteiger partial charge in [-0.05, 0) is 41.6 Å². The fourth-order valence-electron chi connectivity index (χ4n) is 1.09. The maximum absolute atomic E-state index is 10.7. The third-order valence-corrected chi connectivity index (χ3v) is 2.50. The highest BCUT2D eigenvalue weighted by Gasteiger charge is 2.14. The highest BCUT2D eigenvalue weighted by atomic mass is 127. The first-order valence-electron chi connectivity index (χ1n) is 4.36. The predicted octanol–water partition coefficient (Wildman–Crippen LogP) is 1.99. The third-order valence-electron chi connectivity index (χ3n) is 1.83. The van der Waals surface area contributed by atoms with Crippen LogP contribution in [0.2, 0.25) is 0 Å². The van der Waals surface area contributed by atoms with E-state index < -0.39 is 4.92 Å². The van der Waals surface area contributed by atoms with Crippen LogP contribution in [-0.4, -0.2) is 22.7 Å². The number of halogens is 1. The minimum Gasteiger partial charge on any atom is -0.394 e. The average Bonchev–Trinajstić information content (AvgIpc) is 2.17. The molecular weight excluding hydrogens is 311 g/mol. The second-order valence-corrected chi connectivity index (χ2v) is 4.39. The van der Waals surface area contributed by atoms with E-state index in [1.165, 1.54) is 6.07 Å². The van der Waals surface area contributed by atoms with Crippen LogP contribution < -0.4 is 5.32 Å². The summed E-state index contributed by atoms with van der Waals surface area (Å²) in [6.07, 6.45) is 0. The first kappa shape index (κ1) is 12.2. The molecule has 0 fully saturated rings. The van der Waals surface area contributed by atoms with Crippen molar-refractivity contribution in [2.45, 2.75) is 13.0 Å². The standard InChI is InChI=1S/C9H11IN2O3/c1-6(5-13)11-8-4-7(10)2-3-9(8)12(14)15/h2-4,6,11,13H,5H2,1H3. The number of nitro groups is 1. The first-order chi connectivity index (χ1) is 7.04. The Morgan fingerprint density at radius 2 is 2.33 bits per heavy atom. The summed E-state index contributed by atoms with van der Waals surface area (Å²) in [4.78, 5) is 10.3. The van der Waals surface area contributed by atoms with E-state index >= 15 is 0 Å². The van der Waals surface area contributed by atoms with E-state index in [9.17, 15) is 10.1 Å². The lowest BCUT2D eigenvalue weighted by Gasteiger charge is -2.12. The van der Waals surface area contributed by atoms with Gasteiger partial charge in [-0.25, -0.2) is 0 Å². The molecule has 1 rings (SSSR count). The zero-order valence-electron chi connectivity index (χ0n) is 8.11. The van der Waals surface area contributed by atoms with Gasteiger partial charge in [0.1, 0.15) is 5.69 Å². The molecular formula is C9H11IN2O3. The number of nitrogens with one attached hydrogen (secondary N) is 1. The molecule has 0 saturated carbocycles. The molecule has 0 amide bonds. The van der Waals surface area contributed by atoms with Crippen LogP contribution in [0.25, 0.3) is 0 Å². The molecule has 82 valence electrons. The second kappa shape index (κ2) is 5.26. The molecule has 0 spiro atoms. The molecule has 0 aliphatic heterocycles. The van der Waals surface area contributed by atoms with Crippen molar-refractivity contribution in [1.29, 1.82) is 0 Å². The van der Waals surface area contributed by atoms with Crippen molar-refractivity contribution >= 4 is 34.0 Å². The molecule has 0 heterocycles. The minimum atomic E-state index is -0.442. The van der Waals surface area contributed by atoms with E-state index in [1.54, 1.807) is 19.1 Å². The minimum absolute atomic E-state index is 0.0238. The molecule has 0 aliphatic carbocycles. The van der Waals surface area contributed by atoms with Gasteiger partial charge in [0.25, 0.3) is 5.69 Å². The van der Waals surface area contributed by atoms with E-state index in [2.05, 4.69) is 27.9 Å². The van der Waals surface area contributed by atoms with Gasteiger partial charge in [-0.3, -0.25) is 10.1 Å². The Balaban J connectivity index is 3.02. The second-order valence-electron chi connectivity index (χ2n) is 3.15. The van der Waals surface area contributed by atoms with Gasteiger partial charge < -0.3 is 10.4 Å². The summed E-state index contributed by atoms with van der Waals surface area (Å²) >= 11 is 2.08. The average molecular weight is 322 g/mol. The van der Waals surface area contributed by atoms with Crippen molar-refractivity contribution in [3.05, 3.63) is 31.9 Å². The van der Waals surface area contributed by atoms with Gasteiger partial charge in [-0.2, -0.15) is 0 Å². The fourth-order valence-corrected chi connectivity index (χ4v) is 1.59. The lowest BCUT2D eigenvalue weighted by atomic mass is 10.2.